The molecule has 0 N–H and O–H groups in total. The fourth-order valence-corrected chi connectivity index (χ4v) is 5.83. The number of nitrogens with zero attached hydrogens (tertiary/aromatic N) is 1. The van der Waals surface area contributed by atoms with Gasteiger partial charge in [-0.3, -0.25) is 0 Å². The Morgan fingerprint density at radius 3 is 1.87 bits per heavy atom. The topological polar surface area (TPSA) is 112 Å². The lowest BCUT2D eigenvalue weighted by Gasteiger charge is -2.10. The van der Waals surface area contributed by atoms with Crippen molar-refractivity contribution < 1.29 is 33.3 Å². The maximum atomic E-state index is 12.8. The first-order chi connectivity index (χ1) is 26.4. The van der Waals surface area contributed by atoms with Gasteiger partial charge < -0.3 is 18.9 Å². The van der Waals surface area contributed by atoms with Crippen LogP contribution in [0.3, 0.4) is 0 Å². The molecule has 0 spiro atoms. The number of hydrogen-bond donors (Lipinski definition) is 0. The number of aryl methyl sites for hydroxylation is 1. The first-order valence-corrected chi connectivity index (χ1v) is 19.0. The Labute approximate surface area is 319 Å². The van der Waals surface area contributed by atoms with Crippen LogP contribution in [-0.4, -0.2) is 37.7 Å². The number of ether oxygens (including phenoxy) is 4. The number of hydrogen-bond acceptors (Lipinski definition) is 8. The summed E-state index contributed by atoms with van der Waals surface area (Å²) in [5.74, 6) is -0.000909. The highest BCUT2D eigenvalue weighted by Crippen LogP contribution is 2.24. The third-order valence-corrected chi connectivity index (χ3v) is 9.01. The van der Waals surface area contributed by atoms with Crippen molar-refractivity contribution in [1.82, 2.24) is 0 Å². The maximum absolute atomic E-state index is 12.8. The number of carbonyl (C=O) groups is 3. The summed E-state index contributed by atoms with van der Waals surface area (Å²) in [4.78, 5) is 36.2. The molecule has 8 nitrogen and oxygen atoms in total. The van der Waals surface area contributed by atoms with Crippen molar-refractivity contribution in [3.05, 3.63) is 132 Å². The Morgan fingerprint density at radius 1 is 0.648 bits per heavy atom. The van der Waals surface area contributed by atoms with Crippen LogP contribution in [-0.2, 0) is 27.1 Å². The van der Waals surface area contributed by atoms with Gasteiger partial charge >= 0.3 is 17.9 Å². The molecule has 54 heavy (non-hydrogen) atoms. The van der Waals surface area contributed by atoms with Gasteiger partial charge in [0.15, 0.2) is 0 Å². The molecule has 0 fully saturated rings. The smallest absolute Gasteiger partial charge is 0.343 e. The fourth-order valence-electron chi connectivity index (χ4n) is 5.83. The fraction of sp³-hybridized carbons (Fsp3) is 0.348. The van der Waals surface area contributed by atoms with Crippen LogP contribution in [0, 0.1) is 17.2 Å². The molecule has 4 rings (SSSR count). The van der Waals surface area contributed by atoms with E-state index in [4.69, 9.17) is 18.9 Å². The number of carbonyl (C=O) groups excluding carboxylic acids is 3. The van der Waals surface area contributed by atoms with Crippen molar-refractivity contribution >= 4 is 17.9 Å². The molecule has 0 saturated heterocycles. The lowest BCUT2D eigenvalue weighted by atomic mass is 9.94. The van der Waals surface area contributed by atoms with Crippen LogP contribution in [0.5, 0.6) is 11.5 Å². The van der Waals surface area contributed by atoms with Crippen molar-refractivity contribution in [3.8, 4) is 28.7 Å². The molecule has 0 radical (unpaired) electrons. The lowest BCUT2D eigenvalue weighted by Crippen LogP contribution is -2.08. The highest BCUT2D eigenvalue weighted by atomic mass is 16.5. The van der Waals surface area contributed by atoms with Gasteiger partial charge in [-0.1, -0.05) is 87.7 Å². The second-order valence-corrected chi connectivity index (χ2v) is 13.2. The number of unbranched alkanes of at least 4 members (excludes halogenated alkanes) is 5. The summed E-state index contributed by atoms with van der Waals surface area (Å²) in [7, 11) is 0. The van der Waals surface area contributed by atoms with E-state index in [0.717, 1.165) is 73.6 Å². The van der Waals surface area contributed by atoms with E-state index in [1.54, 1.807) is 24.3 Å². The molecule has 0 bridgehead atoms. The zero-order valence-electron chi connectivity index (χ0n) is 31.3. The van der Waals surface area contributed by atoms with Gasteiger partial charge in [-0.05, 0) is 116 Å². The third-order valence-electron chi connectivity index (χ3n) is 9.01. The van der Waals surface area contributed by atoms with Gasteiger partial charge in [0.25, 0.3) is 0 Å². The summed E-state index contributed by atoms with van der Waals surface area (Å²) < 4.78 is 21.6. The molecule has 0 aliphatic rings. The van der Waals surface area contributed by atoms with E-state index in [0.29, 0.717) is 36.1 Å². The molecule has 0 heterocycles. The van der Waals surface area contributed by atoms with Crippen LogP contribution in [0.4, 0.5) is 0 Å². The van der Waals surface area contributed by atoms with Crippen LogP contribution in [0.1, 0.15) is 96.6 Å². The number of benzene rings is 4. The average Bonchev–Trinajstić information content (AvgIpc) is 3.21. The highest BCUT2D eigenvalue weighted by Gasteiger charge is 2.12. The van der Waals surface area contributed by atoms with Crippen molar-refractivity contribution in [2.45, 2.75) is 77.6 Å². The Bertz CT molecular complexity index is 1790. The molecule has 4 aromatic carbocycles. The maximum Gasteiger partial charge on any atom is 0.343 e. The Morgan fingerprint density at radius 2 is 1.22 bits per heavy atom. The highest BCUT2D eigenvalue weighted by molar-refractivity contribution is 5.91. The van der Waals surface area contributed by atoms with Crippen LogP contribution in [0.2, 0.25) is 0 Å². The predicted molar refractivity (Wildman–Crippen MR) is 210 cm³/mol. The Balaban J connectivity index is 1.11. The third kappa shape index (κ3) is 14.4. The summed E-state index contributed by atoms with van der Waals surface area (Å²) in [6, 6.07) is 32.7. The summed E-state index contributed by atoms with van der Waals surface area (Å²) in [6.07, 6.45) is 11.0. The average molecular weight is 730 g/mol. The molecule has 1 atom stereocenters. The Hall–Kier alpha value is -5.68. The molecule has 4 aromatic rings. The van der Waals surface area contributed by atoms with Gasteiger partial charge in [0.2, 0.25) is 0 Å². The Kier molecular flexibility index (Phi) is 17.6. The quantitative estimate of drug-likeness (QED) is 0.0321. The van der Waals surface area contributed by atoms with E-state index in [1.807, 2.05) is 72.8 Å². The van der Waals surface area contributed by atoms with E-state index >= 15 is 0 Å². The molecule has 0 saturated carbocycles. The molecule has 8 heteroatoms. The molecule has 0 aromatic heterocycles. The molecule has 0 amide bonds. The van der Waals surface area contributed by atoms with E-state index in [2.05, 4.69) is 19.6 Å². The summed E-state index contributed by atoms with van der Waals surface area (Å²) in [6.45, 7) is 6.75. The number of esters is 3. The minimum atomic E-state index is -0.465. The second-order valence-electron chi connectivity index (χ2n) is 13.2. The van der Waals surface area contributed by atoms with Gasteiger partial charge in [0, 0.05) is 6.08 Å². The minimum Gasteiger partial charge on any atom is -0.494 e. The SMILES string of the molecule is C=CC(=O)OCCCCOC(=O)c1ccc(C[C@H](C#N)CCCCCc2ccc(OC(=O)c3ccc(-c4ccc(OCCCCC)cc4)cc3)cc2)cc1. The van der Waals surface area contributed by atoms with Gasteiger partial charge in [-0.25, -0.2) is 14.4 Å². The van der Waals surface area contributed by atoms with Crippen LogP contribution in [0.25, 0.3) is 11.1 Å². The van der Waals surface area contributed by atoms with Crippen LogP contribution >= 0.6 is 0 Å². The van der Waals surface area contributed by atoms with Crippen molar-refractivity contribution in [1.29, 1.82) is 5.26 Å². The second kappa shape index (κ2) is 23.1. The van der Waals surface area contributed by atoms with E-state index in [1.165, 1.54) is 18.4 Å². The van der Waals surface area contributed by atoms with Gasteiger partial charge in [0.1, 0.15) is 11.5 Å². The van der Waals surface area contributed by atoms with E-state index < -0.39 is 17.9 Å². The molecular weight excluding hydrogens is 679 g/mol. The largest absolute Gasteiger partial charge is 0.494 e. The zero-order valence-corrected chi connectivity index (χ0v) is 31.3. The standard InChI is InChI=1S/C46H51NO7/c1-3-5-9-30-51-42-28-24-39(25-29-42)38-20-22-41(23-21-38)46(50)54-43-26-16-35(17-27-43)12-7-6-8-13-37(34-47)33-36-14-18-40(19-15-36)45(49)53-32-11-10-31-52-44(48)4-2/h4,14-29,37H,2-3,5-13,30-33H2,1H3/t37-/m1/s1. The molecular formula is C46H51NO7. The summed E-state index contributed by atoms with van der Waals surface area (Å²) in [5, 5.41) is 9.73. The number of rotatable bonds is 23. The minimum absolute atomic E-state index is 0.102. The van der Waals surface area contributed by atoms with Crippen molar-refractivity contribution in [3.63, 3.8) is 0 Å². The van der Waals surface area contributed by atoms with Crippen molar-refractivity contribution in [2.75, 3.05) is 19.8 Å². The van der Waals surface area contributed by atoms with Crippen molar-refractivity contribution in [2.24, 2.45) is 5.92 Å². The van der Waals surface area contributed by atoms with E-state index in [-0.39, 0.29) is 19.1 Å². The van der Waals surface area contributed by atoms with Crippen LogP contribution in [0.15, 0.2) is 110 Å². The number of nitriles is 1. The normalized spacial score (nSPS) is 11.2. The monoisotopic (exact) mass is 729 g/mol. The first kappa shape index (κ1) is 41.1. The summed E-state index contributed by atoms with van der Waals surface area (Å²) >= 11 is 0. The molecule has 282 valence electrons. The first-order valence-electron chi connectivity index (χ1n) is 19.0. The predicted octanol–water partition coefficient (Wildman–Crippen LogP) is 10.3. The summed E-state index contributed by atoms with van der Waals surface area (Å²) in [5.41, 5.74) is 5.19. The van der Waals surface area contributed by atoms with Gasteiger partial charge in [0.05, 0.1) is 42.9 Å². The van der Waals surface area contributed by atoms with Crippen LogP contribution < -0.4 is 9.47 Å². The van der Waals surface area contributed by atoms with E-state index in [9.17, 15) is 19.6 Å². The van der Waals surface area contributed by atoms with Gasteiger partial charge in [-0.15, -0.1) is 0 Å². The molecule has 0 aliphatic heterocycles. The molecule has 0 aliphatic carbocycles. The lowest BCUT2D eigenvalue weighted by molar-refractivity contribution is -0.137. The molecule has 0 unspecified atom stereocenters. The van der Waals surface area contributed by atoms with Gasteiger partial charge in [-0.2, -0.15) is 5.26 Å². The zero-order chi connectivity index (χ0) is 38.4.